The van der Waals surface area contributed by atoms with Crippen molar-refractivity contribution in [3.63, 3.8) is 0 Å². The van der Waals surface area contributed by atoms with Crippen LogP contribution in [0.3, 0.4) is 0 Å². The van der Waals surface area contributed by atoms with Gasteiger partial charge in [0.2, 0.25) is 5.91 Å². The summed E-state index contributed by atoms with van der Waals surface area (Å²) in [5.74, 6) is 0.174. The normalized spacial score (nSPS) is 14.5. The van der Waals surface area contributed by atoms with Gasteiger partial charge in [0.25, 0.3) is 0 Å². The number of hydrogen-bond acceptors (Lipinski definition) is 4. The Morgan fingerprint density at radius 1 is 1.38 bits per heavy atom. The molecule has 0 aliphatic heterocycles. The summed E-state index contributed by atoms with van der Waals surface area (Å²) in [7, 11) is 0. The van der Waals surface area contributed by atoms with Crippen LogP contribution in [0.5, 0.6) is 0 Å². The summed E-state index contributed by atoms with van der Waals surface area (Å²) >= 11 is 1.71. The van der Waals surface area contributed by atoms with Crippen LogP contribution in [0.25, 0.3) is 10.2 Å². The number of para-hydroxylation sites is 1. The van der Waals surface area contributed by atoms with E-state index in [4.69, 9.17) is 5.11 Å². The Morgan fingerprint density at radius 2 is 2.19 bits per heavy atom. The highest BCUT2D eigenvalue weighted by Crippen LogP contribution is 2.27. The quantitative estimate of drug-likeness (QED) is 0.855. The van der Waals surface area contributed by atoms with Gasteiger partial charge in [-0.05, 0) is 37.8 Å². The van der Waals surface area contributed by atoms with Gasteiger partial charge in [0.1, 0.15) is 0 Å². The number of rotatable bonds is 7. The first-order valence-corrected chi connectivity index (χ1v) is 8.34. The molecule has 1 aliphatic rings. The molecule has 5 heteroatoms. The average molecular weight is 304 g/mol. The highest BCUT2D eigenvalue weighted by Gasteiger charge is 2.31. The van der Waals surface area contributed by atoms with Crippen molar-refractivity contribution in [3.05, 3.63) is 29.3 Å². The Balaban J connectivity index is 1.51. The van der Waals surface area contributed by atoms with Crippen molar-refractivity contribution >= 4 is 27.5 Å². The van der Waals surface area contributed by atoms with Gasteiger partial charge in [-0.3, -0.25) is 4.79 Å². The van der Waals surface area contributed by atoms with Crippen LogP contribution in [0.1, 0.15) is 30.7 Å². The Labute approximate surface area is 128 Å². The zero-order valence-electron chi connectivity index (χ0n) is 12.0. The van der Waals surface area contributed by atoms with E-state index in [1.807, 2.05) is 23.1 Å². The molecule has 2 aromatic rings. The second kappa shape index (κ2) is 6.54. The van der Waals surface area contributed by atoms with Gasteiger partial charge >= 0.3 is 0 Å². The second-order valence-corrected chi connectivity index (χ2v) is 6.59. The summed E-state index contributed by atoms with van der Waals surface area (Å²) in [6.45, 7) is 0.532. The molecule has 1 heterocycles. The Morgan fingerprint density at radius 3 is 2.90 bits per heavy atom. The molecule has 21 heavy (non-hydrogen) atoms. The summed E-state index contributed by atoms with van der Waals surface area (Å²) in [6.07, 6.45) is 4.40. The van der Waals surface area contributed by atoms with Crippen LogP contribution in [0.4, 0.5) is 0 Å². The first kappa shape index (κ1) is 14.5. The number of carbonyl (C=O) groups is 1. The number of carbonyl (C=O) groups excluding carboxylic acids is 1. The van der Waals surface area contributed by atoms with Crippen LogP contribution >= 0.6 is 11.3 Å². The number of aliphatic hydroxyl groups is 1. The average Bonchev–Trinajstić information content (AvgIpc) is 3.23. The van der Waals surface area contributed by atoms with Crippen LogP contribution in [-0.4, -0.2) is 40.1 Å². The number of benzene rings is 1. The molecular formula is C16H20N2O2S. The van der Waals surface area contributed by atoms with Gasteiger partial charge < -0.3 is 10.0 Å². The number of aliphatic hydroxyl groups excluding tert-OH is 1. The summed E-state index contributed by atoms with van der Waals surface area (Å²) in [5, 5.41) is 10.1. The number of thiazole rings is 1. The highest BCUT2D eigenvalue weighted by molar-refractivity contribution is 7.18. The summed E-state index contributed by atoms with van der Waals surface area (Å²) in [6, 6.07) is 8.51. The van der Waals surface area contributed by atoms with E-state index in [-0.39, 0.29) is 12.5 Å². The Hall–Kier alpha value is -1.46. The fourth-order valence-corrected chi connectivity index (χ4v) is 3.58. The van der Waals surface area contributed by atoms with E-state index < -0.39 is 0 Å². The van der Waals surface area contributed by atoms with E-state index in [1.54, 1.807) is 11.3 Å². The molecule has 0 radical (unpaired) electrons. The van der Waals surface area contributed by atoms with Crippen LogP contribution < -0.4 is 0 Å². The smallest absolute Gasteiger partial charge is 0.222 e. The third kappa shape index (κ3) is 3.60. The number of aromatic nitrogens is 1. The summed E-state index contributed by atoms with van der Waals surface area (Å²) < 4.78 is 1.21. The van der Waals surface area contributed by atoms with E-state index in [2.05, 4.69) is 11.1 Å². The van der Waals surface area contributed by atoms with Gasteiger partial charge in [-0.1, -0.05) is 12.1 Å². The van der Waals surface area contributed by atoms with Crippen molar-refractivity contribution in [2.75, 3.05) is 13.2 Å². The van der Waals surface area contributed by atoms with E-state index in [1.165, 1.54) is 4.70 Å². The van der Waals surface area contributed by atoms with Gasteiger partial charge in [0.15, 0.2) is 0 Å². The Bertz CT molecular complexity index is 589. The first-order valence-electron chi connectivity index (χ1n) is 7.52. The first-order chi connectivity index (χ1) is 10.3. The molecule has 4 nitrogen and oxygen atoms in total. The lowest BCUT2D eigenvalue weighted by molar-refractivity contribution is -0.132. The lowest BCUT2D eigenvalue weighted by atomic mass is 10.2. The molecule has 3 rings (SSSR count). The molecule has 0 spiro atoms. The molecule has 0 saturated heterocycles. The molecule has 1 amide bonds. The minimum atomic E-state index is 0.0557. The van der Waals surface area contributed by atoms with Crippen LogP contribution in [-0.2, 0) is 11.2 Å². The molecular weight excluding hydrogens is 284 g/mol. The lowest BCUT2D eigenvalue weighted by Gasteiger charge is -2.21. The maximum atomic E-state index is 12.2. The third-order valence-electron chi connectivity index (χ3n) is 3.77. The maximum absolute atomic E-state index is 12.2. The molecule has 1 N–H and O–H groups in total. The molecule has 0 bridgehead atoms. The van der Waals surface area contributed by atoms with E-state index in [0.717, 1.165) is 36.2 Å². The van der Waals surface area contributed by atoms with Crippen molar-refractivity contribution in [2.24, 2.45) is 0 Å². The molecule has 1 aliphatic carbocycles. The number of hydrogen-bond donors (Lipinski definition) is 1. The highest BCUT2D eigenvalue weighted by atomic mass is 32.1. The van der Waals surface area contributed by atoms with Crippen molar-refractivity contribution in [1.29, 1.82) is 0 Å². The van der Waals surface area contributed by atoms with Crippen molar-refractivity contribution in [2.45, 2.75) is 38.1 Å². The predicted octanol–water partition coefficient (Wildman–Crippen LogP) is 2.60. The largest absolute Gasteiger partial charge is 0.395 e. The standard InChI is InChI=1S/C16H20N2O2S/c19-11-10-18(12-8-9-12)16(20)7-3-6-15-17-13-4-1-2-5-14(13)21-15/h1-2,4-5,12,19H,3,6-11H2. The second-order valence-electron chi connectivity index (χ2n) is 5.47. The maximum Gasteiger partial charge on any atom is 0.222 e. The zero-order valence-corrected chi connectivity index (χ0v) is 12.8. The molecule has 1 saturated carbocycles. The van der Waals surface area contributed by atoms with Gasteiger partial charge in [-0.2, -0.15) is 0 Å². The van der Waals surface area contributed by atoms with Crippen molar-refractivity contribution in [3.8, 4) is 0 Å². The molecule has 0 atom stereocenters. The fourth-order valence-electron chi connectivity index (χ4n) is 2.57. The van der Waals surface area contributed by atoms with Crippen molar-refractivity contribution < 1.29 is 9.90 Å². The summed E-state index contributed by atoms with van der Waals surface area (Å²) in [5.41, 5.74) is 1.05. The number of amides is 1. The van der Waals surface area contributed by atoms with Crippen molar-refractivity contribution in [1.82, 2.24) is 9.88 Å². The number of aryl methyl sites for hydroxylation is 1. The van der Waals surface area contributed by atoms with Crippen LogP contribution in [0.15, 0.2) is 24.3 Å². The van der Waals surface area contributed by atoms with E-state index in [0.29, 0.717) is 19.0 Å². The number of nitrogens with zero attached hydrogens (tertiary/aromatic N) is 2. The van der Waals surface area contributed by atoms with Gasteiger partial charge in [-0.15, -0.1) is 11.3 Å². The molecule has 0 unspecified atom stereocenters. The molecule has 1 fully saturated rings. The summed E-state index contributed by atoms with van der Waals surface area (Å²) in [4.78, 5) is 18.6. The lowest BCUT2D eigenvalue weighted by Crippen LogP contribution is -2.35. The van der Waals surface area contributed by atoms with Crippen LogP contribution in [0.2, 0.25) is 0 Å². The SMILES string of the molecule is O=C(CCCc1nc2ccccc2s1)N(CCO)C1CC1. The predicted molar refractivity (Wildman–Crippen MR) is 84.4 cm³/mol. The van der Waals surface area contributed by atoms with Gasteiger partial charge in [0.05, 0.1) is 21.8 Å². The fraction of sp³-hybridized carbons (Fsp3) is 0.500. The zero-order chi connectivity index (χ0) is 14.7. The number of fused-ring (bicyclic) bond motifs is 1. The van der Waals surface area contributed by atoms with Crippen LogP contribution in [0, 0.1) is 0 Å². The van der Waals surface area contributed by atoms with E-state index in [9.17, 15) is 4.79 Å². The third-order valence-corrected chi connectivity index (χ3v) is 4.86. The van der Waals surface area contributed by atoms with Gasteiger partial charge in [0, 0.05) is 19.0 Å². The molecule has 1 aromatic heterocycles. The van der Waals surface area contributed by atoms with Gasteiger partial charge in [-0.25, -0.2) is 4.98 Å². The topological polar surface area (TPSA) is 53.4 Å². The minimum Gasteiger partial charge on any atom is -0.395 e. The minimum absolute atomic E-state index is 0.0557. The van der Waals surface area contributed by atoms with E-state index >= 15 is 0 Å². The molecule has 112 valence electrons. The Kier molecular flexibility index (Phi) is 4.51. The molecule has 1 aromatic carbocycles. The monoisotopic (exact) mass is 304 g/mol.